The average molecular weight is 230 g/mol. The van der Waals surface area contributed by atoms with E-state index in [1.54, 1.807) is 12.1 Å². The molecule has 1 aromatic rings. The first-order valence-corrected chi connectivity index (χ1v) is 5.74. The van der Waals surface area contributed by atoms with Crippen LogP contribution in [0.3, 0.4) is 0 Å². The molecule has 0 aliphatic heterocycles. The van der Waals surface area contributed by atoms with Crippen molar-refractivity contribution in [1.29, 1.82) is 0 Å². The van der Waals surface area contributed by atoms with Gasteiger partial charge in [-0.3, -0.25) is 4.79 Å². The van der Waals surface area contributed by atoms with Crippen LogP contribution in [0.2, 0.25) is 0 Å². The van der Waals surface area contributed by atoms with Gasteiger partial charge in [0, 0.05) is 6.54 Å². The summed E-state index contributed by atoms with van der Waals surface area (Å²) in [5.41, 5.74) is 0. The molecule has 0 saturated carbocycles. The zero-order valence-corrected chi connectivity index (χ0v) is 9.64. The van der Waals surface area contributed by atoms with Crippen LogP contribution in [0.4, 0.5) is 0 Å². The molecule has 84 valence electrons. The smallest absolute Gasteiger partial charge is 0.286 e. The highest BCUT2D eigenvalue weighted by atomic mass is 35.5. The van der Waals surface area contributed by atoms with Crippen LogP contribution in [0, 0.1) is 0 Å². The molecule has 0 unspecified atom stereocenters. The van der Waals surface area contributed by atoms with Crippen molar-refractivity contribution < 1.29 is 9.21 Å². The lowest BCUT2D eigenvalue weighted by Crippen LogP contribution is -2.23. The summed E-state index contributed by atoms with van der Waals surface area (Å²) in [6, 6.07) is 3.36. The molecule has 1 rings (SSSR count). The van der Waals surface area contributed by atoms with Gasteiger partial charge in [0.05, 0.1) is 5.88 Å². The molecule has 3 nitrogen and oxygen atoms in total. The van der Waals surface area contributed by atoms with Crippen molar-refractivity contribution in [1.82, 2.24) is 5.32 Å². The van der Waals surface area contributed by atoms with Gasteiger partial charge in [0.25, 0.3) is 5.91 Å². The van der Waals surface area contributed by atoms with Crippen LogP contribution in [0.1, 0.15) is 42.5 Å². The second kappa shape index (κ2) is 6.51. The minimum Gasteiger partial charge on any atom is -0.455 e. The monoisotopic (exact) mass is 229 g/mol. The van der Waals surface area contributed by atoms with E-state index in [-0.39, 0.29) is 5.91 Å². The summed E-state index contributed by atoms with van der Waals surface area (Å²) in [4.78, 5) is 11.5. The van der Waals surface area contributed by atoms with Gasteiger partial charge < -0.3 is 9.73 Å². The molecular formula is C11H16ClNO2. The van der Waals surface area contributed by atoms with Crippen molar-refractivity contribution in [2.24, 2.45) is 0 Å². The van der Waals surface area contributed by atoms with Gasteiger partial charge >= 0.3 is 0 Å². The van der Waals surface area contributed by atoms with Crippen LogP contribution >= 0.6 is 11.6 Å². The normalized spacial score (nSPS) is 10.3. The molecule has 0 spiro atoms. The number of alkyl halides is 1. The summed E-state index contributed by atoms with van der Waals surface area (Å²) >= 11 is 5.57. The zero-order chi connectivity index (χ0) is 11.1. The number of hydrogen-bond donors (Lipinski definition) is 1. The summed E-state index contributed by atoms with van der Waals surface area (Å²) < 4.78 is 5.21. The molecule has 1 heterocycles. The molecule has 0 bridgehead atoms. The van der Waals surface area contributed by atoms with Crippen LogP contribution in [0.15, 0.2) is 16.5 Å². The van der Waals surface area contributed by atoms with E-state index in [4.69, 9.17) is 16.0 Å². The number of unbranched alkanes of at least 4 members (excludes halogenated alkanes) is 2. The predicted octanol–water partition coefficient (Wildman–Crippen LogP) is 2.94. The number of nitrogens with one attached hydrogen (secondary N) is 1. The minimum atomic E-state index is -0.164. The van der Waals surface area contributed by atoms with E-state index in [1.165, 1.54) is 0 Å². The maximum atomic E-state index is 11.5. The highest BCUT2D eigenvalue weighted by Crippen LogP contribution is 2.09. The summed E-state index contributed by atoms with van der Waals surface area (Å²) in [6.45, 7) is 2.82. The summed E-state index contributed by atoms with van der Waals surface area (Å²) in [6.07, 6.45) is 3.28. The highest BCUT2D eigenvalue weighted by molar-refractivity contribution is 6.16. The molecule has 4 heteroatoms. The van der Waals surface area contributed by atoms with E-state index >= 15 is 0 Å². The molecule has 0 atom stereocenters. The average Bonchev–Trinajstić information content (AvgIpc) is 2.72. The topological polar surface area (TPSA) is 42.2 Å². The summed E-state index contributed by atoms with van der Waals surface area (Å²) in [5, 5.41) is 2.80. The third-order valence-electron chi connectivity index (χ3n) is 2.08. The Kier molecular flexibility index (Phi) is 5.26. The van der Waals surface area contributed by atoms with E-state index < -0.39 is 0 Å². The largest absolute Gasteiger partial charge is 0.455 e. The molecule has 0 aliphatic carbocycles. The Hall–Kier alpha value is -0.960. The second-order valence-electron chi connectivity index (χ2n) is 3.36. The van der Waals surface area contributed by atoms with Crippen LogP contribution in [0.5, 0.6) is 0 Å². The first kappa shape index (κ1) is 12.1. The van der Waals surface area contributed by atoms with E-state index in [0.717, 1.165) is 19.3 Å². The van der Waals surface area contributed by atoms with Crippen molar-refractivity contribution in [2.75, 3.05) is 6.54 Å². The molecule has 0 saturated heterocycles. The molecule has 0 radical (unpaired) electrons. The highest BCUT2D eigenvalue weighted by Gasteiger charge is 2.09. The summed E-state index contributed by atoms with van der Waals surface area (Å²) in [5.74, 6) is 1.09. The number of rotatable bonds is 6. The first-order valence-electron chi connectivity index (χ1n) is 5.20. The Morgan fingerprint density at radius 2 is 2.27 bits per heavy atom. The lowest BCUT2D eigenvalue weighted by Gasteiger charge is -2.01. The van der Waals surface area contributed by atoms with Gasteiger partial charge in [0.15, 0.2) is 5.76 Å². The molecule has 0 aliphatic rings. The Bertz CT molecular complexity index is 309. The molecule has 0 fully saturated rings. The van der Waals surface area contributed by atoms with Crippen molar-refractivity contribution in [3.8, 4) is 0 Å². The second-order valence-corrected chi connectivity index (χ2v) is 3.63. The van der Waals surface area contributed by atoms with E-state index in [2.05, 4.69) is 12.2 Å². The molecule has 0 aromatic carbocycles. The van der Waals surface area contributed by atoms with Gasteiger partial charge in [-0.1, -0.05) is 19.8 Å². The number of amides is 1. The van der Waals surface area contributed by atoms with Crippen LogP contribution in [-0.2, 0) is 5.88 Å². The summed E-state index contributed by atoms with van der Waals surface area (Å²) in [7, 11) is 0. The Balaban J connectivity index is 2.33. The number of halogens is 1. The van der Waals surface area contributed by atoms with Crippen LogP contribution in [-0.4, -0.2) is 12.5 Å². The molecule has 1 aromatic heterocycles. The maximum Gasteiger partial charge on any atom is 0.286 e. The number of furan rings is 1. The van der Waals surface area contributed by atoms with Crippen LogP contribution < -0.4 is 5.32 Å². The van der Waals surface area contributed by atoms with Crippen molar-refractivity contribution >= 4 is 17.5 Å². The van der Waals surface area contributed by atoms with Crippen molar-refractivity contribution in [3.05, 3.63) is 23.7 Å². The molecule has 1 N–H and O–H groups in total. The Morgan fingerprint density at radius 3 is 2.87 bits per heavy atom. The third-order valence-corrected chi connectivity index (χ3v) is 2.35. The standard InChI is InChI=1S/C11H16ClNO2/c1-2-3-4-7-13-11(14)10-6-5-9(8-12)15-10/h5-6H,2-4,7-8H2,1H3,(H,13,14). The lowest BCUT2D eigenvalue weighted by molar-refractivity contribution is 0.0924. The van der Waals surface area contributed by atoms with E-state index in [9.17, 15) is 4.79 Å². The van der Waals surface area contributed by atoms with Crippen LogP contribution in [0.25, 0.3) is 0 Å². The van der Waals surface area contributed by atoms with Gasteiger partial charge in [-0.15, -0.1) is 11.6 Å². The fourth-order valence-electron chi connectivity index (χ4n) is 1.24. The SMILES string of the molecule is CCCCCNC(=O)c1ccc(CCl)o1. The third kappa shape index (κ3) is 3.96. The van der Waals surface area contributed by atoms with Gasteiger partial charge in [0.1, 0.15) is 5.76 Å². The van der Waals surface area contributed by atoms with Gasteiger partial charge in [-0.25, -0.2) is 0 Å². The van der Waals surface area contributed by atoms with E-state index in [0.29, 0.717) is 23.9 Å². The number of carbonyl (C=O) groups excluding carboxylic acids is 1. The van der Waals surface area contributed by atoms with E-state index in [1.807, 2.05) is 0 Å². The van der Waals surface area contributed by atoms with Crippen molar-refractivity contribution in [3.63, 3.8) is 0 Å². The Morgan fingerprint density at radius 1 is 1.47 bits per heavy atom. The fraction of sp³-hybridized carbons (Fsp3) is 0.545. The fourth-order valence-corrected chi connectivity index (χ4v) is 1.38. The zero-order valence-electron chi connectivity index (χ0n) is 8.88. The van der Waals surface area contributed by atoms with Gasteiger partial charge in [-0.05, 0) is 18.6 Å². The number of hydrogen-bond acceptors (Lipinski definition) is 2. The Labute approximate surface area is 94.8 Å². The molecule has 1 amide bonds. The lowest BCUT2D eigenvalue weighted by atomic mass is 10.2. The maximum absolute atomic E-state index is 11.5. The van der Waals surface area contributed by atoms with Gasteiger partial charge in [0.2, 0.25) is 0 Å². The minimum absolute atomic E-state index is 0.164. The quantitative estimate of drug-likeness (QED) is 0.602. The number of carbonyl (C=O) groups is 1. The predicted molar refractivity (Wildman–Crippen MR) is 60.1 cm³/mol. The van der Waals surface area contributed by atoms with Gasteiger partial charge in [-0.2, -0.15) is 0 Å². The van der Waals surface area contributed by atoms with Crippen molar-refractivity contribution in [2.45, 2.75) is 32.1 Å². The molecular weight excluding hydrogens is 214 g/mol. The molecule has 15 heavy (non-hydrogen) atoms. The first-order chi connectivity index (χ1) is 7.27.